The Kier molecular flexibility index (Phi) is 3.29. The fourth-order valence-electron chi connectivity index (χ4n) is 1.55. The Bertz CT molecular complexity index is 404. The van der Waals surface area contributed by atoms with Crippen molar-refractivity contribution in [2.45, 2.75) is 25.3 Å². The minimum absolute atomic E-state index is 0.188. The van der Waals surface area contributed by atoms with Crippen molar-refractivity contribution in [1.29, 1.82) is 0 Å². The van der Waals surface area contributed by atoms with E-state index in [-0.39, 0.29) is 5.91 Å². The summed E-state index contributed by atoms with van der Waals surface area (Å²) >= 11 is 5.94. The normalized spacial score (nSPS) is 15.4. The predicted octanol–water partition coefficient (Wildman–Crippen LogP) is 2.06. The number of nitrogens with one attached hydrogen (secondary N) is 2. The first-order valence-electron chi connectivity index (χ1n) is 5.36. The highest BCUT2D eigenvalue weighted by molar-refractivity contribution is 6.33. The van der Waals surface area contributed by atoms with Gasteiger partial charge in [-0.3, -0.25) is 4.79 Å². The summed E-state index contributed by atoms with van der Waals surface area (Å²) in [5, 5.41) is 6.18. The Morgan fingerprint density at radius 3 is 2.81 bits per heavy atom. The second kappa shape index (κ2) is 4.70. The van der Waals surface area contributed by atoms with Crippen molar-refractivity contribution in [3.05, 3.63) is 22.8 Å². The van der Waals surface area contributed by atoms with Gasteiger partial charge in [0.1, 0.15) is 11.5 Å². The molecule has 1 aromatic rings. The Morgan fingerprint density at radius 1 is 1.50 bits per heavy atom. The number of nitrogens with zero attached hydrogens (tertiary/aromatic N) is 1. The van der Waals surface area contributed by atoms with Crippen LogP contribution in [0, 0.1) is 0 Å². The van der Waals surface area contributed by atoms with Crippen molar-refractivity contribution in [1.82, 2.24) is 10.3 Å². The first kappa shape index (κ1) is 11.2. The lowest BCUT2D eigenvalue weighted by Gasteiger charge is -2.26. The summed E-state index contributed by atoms with van der Waals surface area (Å²) in [5.41, 5.74) is 0.292. The van der Waals surface area contributed by atoms with Crippen LogP contribution in [0.25, 0.3) is 0 Å². The summed E-state index contributed by atoms with van der Waals surface area (Å²) in [6.45, 7) is 0. The molecule has 0 bridgehead atoms. The second-order valence-corrected chi connectivity index (χ2v) is 4.29. The van der Waals surface area contributed by atoms with Crippen molar-refractivity contribution in [2.24, 2.45) is 0 Å². The molecule has 1 aromatic heterocycles. The van der Waals surface area contributed by atoms with E-state index >= 15 is 0 Å². The van der Waals surface area contributed by atoms with Gasteiger partial charge in [0.2, 0.25) is 0 Å². The van der Waals surface area contributed by atoms with E-state index in [1.807, 2.05) is 0 Å². The SMILES string of the molecule is CNc1ccc(Cl)c(C(=O)NC2CCC2)n1. The maximum absolute atomic E-state index is 11.9. The molecule has 1 saturated carbocycles. The minimum Gasteiger partial charge on any atom is -0.373 e. The number of carbonyl (C=O) groups excluding carboxylic acids is 1. The van der Waals surface area contributed by atoms with Gasteiger partial charge in [-0.05, 0) is 31.4 Å². The van der Waals surface area contributed by atoms with E-state index in [9.17, 15) is 4.79 Å². The lowest BCUT2D eigenvalue weighted by Crippen LogP contribution is -2.39. The van der Waals surface area contributed by atoms with Crippen molar-refractivity contribution >= 4 is 23.3 Å². The molecule has 1 amide bonds. The highest BCUT2D eigenvalue weighted by Gasteiger charge is 2.22. The standard InChI is InChI=1S/C11H14ClN3O/c1-13-9-6-5-8(12)10(15-9)11(16)14-7-3-2-4-7/h5-7H,2-4H2,1H3,(H,13,15)(H,14,16). The molecule has 0 unspecified atom stereocenters. The number of hydrogen-bond acceptors (Lipinski definition) is 3. The number of carbonyl (C=O) groups is 1. The van der Waals surface area contributed by atoms with Crippen molar-refractivity contribution in [3.8, 4) is 0 Å². The average Bonchev–Trinajstić information content (AvgIpc) is 2.24. The zero-order chi connectivity index (χ0) is 11.5. The van der Waals surface area contributed by atoms with Crippen LogP contribution in [-0.4, -0.2) is 24.0 Å². The number of halogens is 1. The minimum atomic E-state index is -0.188. The molecule has 4 nitrogen and oxygen atoms in total. The lowest BCUT2D eigenvalue weighted by atomic mass is 9.93. The summed E-state index contributed by atoms with van der Waals surface area (Å²) in [7, 11) is 1.75. The number of amides is 1. The van der Waals surface area contributed by atoms with Gasteiger partial charge in [0, 0.05) is 13.1 Å². The van der Waals surface area contributed by atoms with Crippen LogP contribution in [0.15, 0.2) is 12.1 Å². The molecule has 86 valence electrons. The zero-order valence-corrected chi connectivity index (χ0v) is 9.84. The molecular weight excluding hydrogens is 226 g/mol. The molecular formula is C11H14ClN3O. The van der Waals surface area contributed by atoms with Crippen molar-refractivity contribution in [2.75, 3.05) is 12.4 Å². The van der Waals surface area contributed by atoms with Crippen LogP contribution in [0.5, 0.6) is 0 Å². The van der Waals surface area contributed by atoms with E-state index in [4.69, 9.17) is 11.6 Å². The van der Waals surface area contributed by atoms with Gasteiger partial charge in [0.05, 0.1) is 5.02 Å². The van der Waals surface area contributed by atoms with Crippen molar-refractivity contribution < 1.29 is 4.79 Å². The van der Waals surface area contributed by atoms with E-state index in [0.717, 1.165) is 12.8 Å². The molecule has 0 saturated heterocycles. The summed E-state index contributed by atoms with van der Waals surface area (Å²) in [5.74, 6) is 0.454. The van der Waals surface area contributed by atoms with Gasteiger partial charge < -0.3 is 10.6 Å². The fourth-order valence-corrected chi connectivity index (χ4v) is 1.74. The van der Waals surface area contributed by atoms with Gasteiger partial charge in [0.15, 0.2) is 0 Å². The fraction of sp³-hybridized carbons (Fsp3) is 0.455. The molecule has 1 aliphatic carbocycles. The van der Waals surface area contributed by atoms with Crippen LogP contribution in [0.4, 0.5) is 5.82 Å². The number of hydrogen-bond donors (Lipinski definition) is 2. The number of aromatic nitrogens is 1. The molecule has 2 N–H and O–H groups in total. The summed E-state index contributed by atoms with van der Waals surface area (Å²) < 4.78 is 0. The average molecular weight is 240 g/mol. The Labute approximate surface area is 99.4 Å². The molecule has 1 fully saturated rings. The van der Waals surface area contributed by atoms with E-state index in [2.05, 4.69) is 15.6 Å². The predicted molar refractivity (Wildman–Crippen MR) is 63.9 cm³/mol. The molecule has 5 heteroatoms. The molecule has 16 heavy (non-hydrogen) atoms. The monoisotopic (exact) mass is 239 g/mol. The van der Waals surface area contributed by atoms with Gasteiger partial charge in [-0.15, -0.1) is 0 Å². The van der Waals surface area contributed by atoms with E-state index in [1.54, 1.807) is 19.2 Å². The van der Waals surface area contributed by atoms with Crippen LogP contribution in [0.2, 0.25) is 5.02 Å². The van der Waals surface area contributed by atoms with Gasteiger partial charge in [-0.25, -0.2) is 4.98 Å². The first-order valence-corrected chi connectivity index (χ1v) is 5.73. The maximum atomic E-state index is 11.9. The van der Waals surface area contributed by atoms with Gasteiger partial charge in [0.25, 0.3) is 5.91 Å². The summed E-state index contributed by atoms with van der Waals surface area (Å²) in [6.07, 6.45) is 3.28. The molecule has 0 aliphatic heterocycles. The van der Waals surface area contributed by atoms with Crippen LogP contribution < -0.4 is 10.6 Å². The maximum Gasteiger partial charge on any atom is 0.271 e. The second-order valence-electron chi connectivity index (χ2n) is 3.88. The number of rotatable bonds is 3. The lowest BCUT2D eigenvalue weighted by molar-refractivity contribution is 0.0912. The number of anilines is 1. The molecule has 1 aliphatic rings. The molecule has 0 spiro atoms. The zero-order valence-electron chi connectivity index (χ0n) is 9.09. The molecule has 0 aromatic carbocycles. The van der Waals surface area contributed by atoms with E-state index < -0.39 is 0 Å². The van der Waals surface area contributed by atoms with Crippen LogP contribution in [-0.2, 0) is 0 Å². The third kappa shape index (κ3) is 2.27. The van der Waals surface area contributed by atoms with Gasteiger partial charge in [-0.2, -0.15) is 0 Å². The highest BCUT2D eigenvalue weighted by Crippen LogP contribution is 2.20. The highest BCUT2D eigenvalue weighted by atomic mass is 35.5. The molecule has 2 rings (SSSR count). The van der Waals surface area contributed by atoms with Gasteiger partial charge in [-0.1, -0.05) is 11.6 Å². The third-order valence-electron chi connectivity index (χ3n) is 2.76. The third-order valence-corrected chi connectivity index (χ3v) is 3.06. The Hall–Kier alpha value is -1.29. The first-order chi connectivity index (χ1) is 7.70. The van der Waals surface area contributed by atoms with Crippen molar-refractivity contribution in [3.63, 3.8) is 0 Å². The molecule has 0 atom stereocenters. The Morgan fingerprint density at radius 2 is 2.25 bits per heavy atom. The molecule has 0 radical (unpaired) electrons. The summed E-state index contributed by atoms with van der Waals surface area (Å²) in [4.78, 5) is 16.0. The van der Waals surface area contributed by atoms with E-state index in [1.165, 1.54) is 6.42 Å². The van der Waals surface area contributed by atoms with E-state index in [0.29, 0.717) is 22.6 Å². The number of pyridine rings is 1. The Balaban J connectivity index is 2.13. The van der Waals surface area contributed by atoms with Crippen LogP contribution in [0.3, 0.4) is 0 Å². The molecule has 1 heterocycles. The largest absolute Gasteiger partial charge is 0.373 e. The van der Waals surface area contributed by atoms with Crippen LogP contribution >= 0.6 is 11.6 Å². The summed E-state index contributed by atoms with van der Waals surface area (Å²) in [6, 6.07) is 3.71. The van der Waals surface area contributed by atoms with Gasteiger partial charge >= 0.3 is 0 Å². The van der Waals surface area contributed by atoms with Crippen LogP contribution in [0.1, 0.15) is 29.8 Å². The smallest absolute Gasteiger partial charge is 0.271 e. The quantitative estimate of drug-likeness (QED) is 0.849. The topological polar surface area (TPSA) is 54.0 Å².